The quantitative estimate of drug-likeness (QED) is 0.242. The molecule has 0 bridgehead atoms. The van der Waals surface area contributed by atoms with Crippen LogP contribution in [-0.2, 0) is 4.79 Å². The average Bonchev–Trinajstić information content (AvgIpc) is 3.09. The minimum atomic E-state index is -0.331. The molecular formula is C35H45N3O3. The van der Waals surface area contributed by atoms with Gasteiger partial charge >= 0.3 is 0 Å². The van der Waals surface area contributed by atoms with Crippen molar-refractivity contribution in [2.24, 2.45) is 0 Å². The van der Waals surface area contributed by atoms with Crippen LogP contribution in [-0.4, -0.2) is 39.6 Å². The summed E-state index contributed by atoms with van der Waals surface area (Å²) in [6, 6.07) is 23.2. The number of likely N-dealkylation sites (N-methyl/N-ethyl adjacent to an activating group) is 1. The Kier molecular flexibility index (Phi) is 9.64. The number of benzene rings is 3. The van der Waals surface area contributed by atoms with Crippen molar-refractivity contribution in [1.82, 2.24) is 0 Å². The van der Waals surface area contributed by atoms with Gasteiger partial charge in [-0.3, -0.25) is 4.79 Å². The molecule has 0 saturated carbocycles. The molecule has 1 heterocycles. The van der Waals surface area contributed by atoms with Crippen molar-refractivity contribution < 1.29 is 14.3 Å². The van der Waals surface area contributed by atoms with Crippen LogP contribution in [0.1, 0.15) is 70.5 Å². The van der Waals surface area contributed by atoms with Gasteiger partial charge in [0.15, 0.2) is 0 Å². The van der Waals surface area contributed by atoms with Crippen molar-refractivity contribution >= 4 is 23.3 Å². The zero-order valence-corrected chi connectivity index (χ0v) is 25.8. The smallest absolute Gasteiger partial charge is 0.150 e. The van der Waals surface area contributed by atoms with Crippen molar-refractivity contribution in [1.29, 1.82) is 0 Å². The van der Waals surface area contributed by atoms with E-state index in [0.29, 0.717) is 24.1 Å². The van der Waals surface area contributed by atoms with Gasteiger partial charge in [0.05, 0.1) is 31.6 Å². The topological polar surface area (TPSA) is 54.0 Å². The van der Waals surface area contributed by atoms with Crippen molar-refractivity contribution in [2.45, 2.75) is 71.5 Å². The highest BCUT2D eigenvalue weighted by Crippen LogP contribution is 2.45. The largest absolute Gasteiger partial charge is 0.497 e. The molecule has 0 amide bonds. The van der Waals surface area contributed by atoms with Gasteiger partial charge in [-0.15, -0.1) is 0 Å². The molecule has 1 aliphatic heterocycles. The van der Waals surface area contributed by atoms with Crippen LogP contribution in [0.25, 0.3) is 0 Å². The first-order valence-corrected chi connectivity index (χ1v) is 14.6. The summed E-state index contributed by atoms with van der Waals surface area (Å²) in [5.41, 5.74) is 6.95. The van der Waals surface area contributed by atoms with E-state index in [0.717, 1.165) is 52.5 Å². The minimum Gasteiger partial charge on any atom is -0.497 e. The number of methoxy groups -OCH3 is 2. The second kappa shape index (κ2) is 13.2. The van der Waals surface area contributed by atoms with Crippen molar-refractivity contribution in [3.8, 4) is 11.5 Å². The molecule has 218 valence electrons. The summed E-state index contributed by atoms with van der Waals surface area (Å²) in [6.45, 7) is 11.0. The van der Waals surface area contributed by atoms with E-state index in [1.807, 2.05) is 24.3 Å². The molecule has 1 N–H and O–H groups in total. The second-order valence-electron chi connectivity index (χ2n) is 11.3. The Bertz CT molecular complexity index is 1360. The second-order valence-corrected chi connectivity index (χ2v) is 11.3. The number of ether oxygens (including phenoxy) is 2. The molecule has 0 spiro atoms. The van der Waals surface area contributed by atoms with Gasteiger partial charge in [0.25, 0.3) is 0 Å². The summed E-state index contributed by atoms with van der Waals surface area (Å²) < 4.78 is 11.4. The number of hydrogen-bond acceptors (Lipinski definition) is 6. The number of carbonyl (C=O) groups is 1. The molecule has 0 aromatic heterocycles. The Morgan fingerprint density at radius 2 is 1.63 bits per heavy atom. The highest BCUT2D eigenvalue weighted by atomic mass is 16.5. The van der Waals surface area contributed by atoms with Gasteiger partial charge < -0.3 is 24.6 Å². The first-order chi connectivity index (χ1) is 19.7. The van der Waals surface area contributed by atoms with E-state index in [2.05, 4.69) is 99.2 Å². The van der Waals surface area contributed by atoms with E-state index in [9.17, 15) is 4.79 Å². The zero-order chi connectivity index (χ0) is 29.7. The fraction of sp³-hybridized carbons (Fsp3) is 0.400. The van der Waals surface area contributed by atoms with Crippen LogP contribution in [0.5, 0.6) is 11.5 Å². The molecule has 3 aromatic carbocycles. The molecule has 0 fully saturated rings. The molecule has 41 heavy (non-hydrogen) atoms. The van der Waals surface area contributed by atoms with Gasteiger partial charge in [0.2, 0.25) is 0 Å². The Morgan fingerprint density at radius 1 is 0.951 bits per heavy atom. The standard InChI is InChI=1S/C35H45N3O3/c1-9-25(26-14-17-28(40-7)18-15-26)20-32-30(22-39)35(37(6)33-13-11-10-12-31(33)36-32)29-19-16-27(21-34(29)41-8)38(23(2)3)24(4)5/h10-19,21-25,35-36H,9,20H2,1-8H3. The minimum absolute atomic E-state index is 0.226. The van der Waals surface area contributed by atoms with Gasteiger partial charge in [0.1, 0.15) is 17.8 Å². The summed E-state index contributed by atoms with van der Waals surface area (Å²) in [5.74, 6) is 1.83. The Balaban J connectivity index is 1.86. The lowest BCUT2D eigenvalue weighted by Crippen LogP contribution is -2.37. The summed E-state index contributed by atoms with van der Waals surface area (Å²) >= 11 is 0. The number of aldehydes is 1. The van der Waals surface area contributed by atoms with Crippen LogP contribution in [0.3, 0.4) is 0 Å². The fourth-order valence-electron chi connectivity index (χ4n) is 6.21. The first-order valence-electron chi connectivity index (χ1n) is 14.6. The van der Waals surface area contributed by atoms with Gasteiger partial charge in [-0.2, -0.15) is 0 Å². The molecule has 6 heteroatoms. The number of para-hydroxylation sites is 2. The van der Waals surface area contributed by atoms with Gasteiger partial charge in [0, 0.05) is 47.7 Å². The maximum atomic E-state index is 13.1. The monoisotopic (exact) mass is 555 g/mol. The number of nitrogens with zero attached hydrogens (tertiary/aromatic N) is 2. The molecule has 0 saturated heterocycles. The van der Waals surface area contributed by atoms with Crippen molar-refractivity contribution in [2.75, 3.05) is 36.4 Å². The third kappa shape index (κ3) is 6.22. The number of carbonyl (C=O) groups excluding carboxylic acids is 1. The van der Waals surface area contributed by atoms with Crippen LogP contribution in [0.4, 0.5) is 17.1 Å². The Morgan fingerprint density at radius 3 is 2.22 bits per heavy atom. The number of hydrogen-bond donors (Lipinski definition) is 1. The average molecular weight is 556 g/mol. The normalized spacial score (nSPS) is 15.8. The van der Waals surface area contributed by atoms with Crippen LogP contribution in [0.2, 0.25) is 0 Å². The Labute approximate surface area is 246 Å². The van der Waals surface area contributed by atoms with Gasteiger partial charge in [-0.25, -0.2) is 0 Å². The van der Waals surface area contributed by atoms with Crippen molar-refractivity contribution in [3.63, 3.8) is 0 Å². The van der Waals surface area contributed by atoms with E-state index < -0.39 is 0 Å². The van der Waals surface area contributed by atoms with Crippen LogP contribution >= 0.6 is 0 Å². The van der Waals surface area contributed by atoms with Crippen LogP contribution in [0, 0.1) is 0 Å². The van der Waals surface area contributed by atoms with E-state index >= 15 is 0 Å². The lowest BCUT2D eigenvalue weighted by Gasteiger charge is -2.35. The lowest BCUT2D eigenvalue weighted by atomic mass is 9.88. The van der Waals surface area contributed by atoms with Crippen molar-refractivity contribution in [3.05, 3.63) is 89.1 Å². The number of anilines is 3. The highest BCUT2D eigenvalue weighted by Gasteiger charge is 2.33. The zero-order valence-electron chi connectivity index (χ0n) is 25.8. The maximum absolute atomic E-state index is 13.1. The lowest BCUT2D eigenvalue weighted by molar-refractivity contribution is -0.105. The molecular weight excluding hydrogens is 510 g/mol. The van der Waals surface area contributed by atoms with E-state index in [4.69, 9.17) is 9.47 Å². The van der Waals surface area contributed by atoms with E-state index in [1.165, 1.54) is 5.56 Å². The molecule has 6 nitrogen and oxygen atoms in total. The summed E-state index contributed by atoms with van der Waals surface area (Å²) in [5, 5.41) is 3.68. The molecule has 1 aliphatic rings. The maximum Gasteiger partial charge on any atom is 0.150 e. The summed E-state index contributed by atoms with van der Waals surface area (Å²) in [4.78, 5) is 17.6. The SMILES string of the molecule is CCC(CC1=C(C=O)C(c2ccc(N(C(C)C)C(C)C)cc2OC)N(C)c2ccccc2N1)c1ccc(OC)cc1. The molecule has 2 atom stereocenters. The van der Waals surface area contributed by atoms with E-state index in [-0.39, 0.29) is 12.0 Å². The number of rotatable bonds is 11. The number of fused-ring (bicyclic) bond motifs is 1. The first kappa shape index (κ1) is 30.0. The predicted molar refractivity (Wildman–Crippen MR) is 171 cm³/mol. The third-order valence-electron chi connectivity index (χ3n) is 8.18. The van der Waals surface area contributed by atoms with Crippen LogP contribution in [0.15, 0.2) is 78.0 Å². The Hall–Kier alpha value is -3.93. The van der Waals surface area contributed by atoms with Gasteiger partial charge in [-0.05, 0) is 82.3 Å². The molecule has 4 rings (SSSR count). The molecule has 0 radical (unpaired) electrons. The third-order valence-corrected chi connectivity index (χ3v) is 8.18. The number of nitrogens with one attached hydrogen (secondary N) is 1. The molecule has 2 unspecified atom stereocenters. The fourth-order valence-corrected chi connectivity index (χ4v) is 6.21. The number of allylic oxidation sites excluding steroid dienone is 1. The predicted octanol–water partition coefficient (Wildman–Crippen LogP) is 7.97. The highest BCUT2D eigenvalue weighted by molar-refractivity contribution is 5.85. The molecule has 3 aromatic rings. The summed E-state index contributed by atoms with van der Waals surface area (Å²) in [6.07, 6.45) is 2.66. The van der Waals surface area contributed by atoms with Crippen LogP contribution < -0.4 is 24.6 Å². The molecule has 0 aliphatic carbocycles. The van der Waals surface area contributed by atoms with E-state index in [1.54, 1.807) is 14.2 Å². The summed E-state index contributed by atoms with van der Waals surface area (Å²) in [7, 11) is 5.45. The van der Waals surface area contributed by atoms with Gasteiger partial charge in [-0.1, -0.05) is 37.3 Å².